The Morgan fingerprint density at radius 1 is 1.15 bits per heavy atom. The molecule has 2 amide bonds. The van der Waals surface area contributed by atoms with Crippen LogP contribution in [0.15, 0.2) is 24.3 Å². The zero-order chi connectivity index (χ0) is 14.7. The molecule has 104 valence electrons. The van der Waals surface area contributed by atoms with Gasteiger partial charge in [0.1, 0.15) is 0 Å². The van der Waals surface area contributed by atoms with Crippen molar-refractivity contribution in [2.75, 3.05) is 10.6 Å². The van der Waals surface area contributed by atoms with Crippen LogP contribution in [-0.4, -0.2) is 16.8 Å². The summed E-state index contributed by atoms with van der Waals surface area (Å²) >= 11 is 1.36. The van der Waals surface area contributed by atoms with Gasteiger partial charge in [-0.3, -0.25) is 9.59 Å². The second-order valence-electron chi connectivity index (χ2n) is 4.38. The Hall–Kier alpha value is -2.21. The number of carbonyl (C=O) groups is 2. The maximum Gasteiger partial charge on any atom is 0.284 e. The van der Waals surface area contributed by atoms with E-state index in [1.165, 1.54) is 18.3 Å². The molecular formula is C14H15N3O2S. The number of thiazole rings is 1. The number of aromatic nitrogens is 1. The first-order valence-electron chi connectivity index (χ1n) is 6.09. The molecule has 20 heavy (non-hydrogen) atoms. The van der Waals surface area contributed by atoms with E-state index in [0.29, 0.717) is 16.4 Å². The molecule has 0 aliphatic rings. The van der Waals surface area contributed by atoms with Crippen LogP contribution in [0.2, 0.25) is 0 Å². The summed E-state index contributed by atoms with van der Waals surface area (Å²) in [6.45, 7) is 5.24. The molecule has 6 heteroatoms. The lowest BCUT2D eigenvalue weighted by atomic mass is 10.2. The van der Waals surface area contributed by atoms with Crippen molar-refractivity contribution in [2.24, 2.45) is 0 Å². The summed E-state index contributed by atoms with van der Waals surface area (Å²) in [6.07, 6.45) is 0. The average Bonchev–Trinajstić information content (AvgIpc) is 2.69. The van der Waals surface area contributed by atoms with Gasteiger partial charge in [0.15, 0.2) is 5.01 Å². The quantitative estimate of drug-likeness (QED) is 0.912. The number of aryl methyl sites for hydroxylation is 2. The van der Waals surface area contributed by atoms with Gasteiger partial charge in [-0.25, -0.2) is 4.98 Å². The Bertz CT molecular complexity index is 645. The molecule has 0 fully saturated rings. The smallest absolute Gasteiger partial charge is 0.284 e. The van der Waals surface area contributed by atoms with Crippen LogP contribution in [0.3, 0.4) is 0 Å². The van der Waals surface area contributed by atoms with Crippen LogP contribution in [0.1, 0.15) is 27.3 Å². The molecule has 0 saturated heterocycles. The van der Waals surface area contributed by atoms with Crippen molar-refractivity contribution in [3.8, 4) is 0 Å². The van der Waals surface area contributed by atoms with Gasteiger partial charge in [-0.05, 0) is 32.0 Å². The molecule has 2 rings (SSSR count). The van der Waals surface area contributed by atoms with Gasteiger partial charge < -0.3 is 10.6 Å². The normalized spacial score (nSPS) is 10.2. The Labute approximate surface area is 121 Å². The standard InChI is InChI=1S/C14H15N3O2S/c1-8-9(2)20-14(15-8)13(19)17-12-6-4-5-11(7-12)16-10(3)18/h4-7H,1-3H3,(H,16,18)(H,17,19). The lowest BCUT2D eigenvalue weighted by Crippen LogP contribution is -2.12. The number of hydrogen-bond acceptors (Lipinski definition) is 4. The SMILES string of the molecule is CC(=O)Nc1cccc(NC(=O)c2nc(C)c(C)s2)c1. The summed E-state index contributed by atoms with van der Waals surface area (Å²) in [6, 6.07) is 6.98. The first-order chi connectivity index (χ1) is 9.45. The van der Waals surface area contributed by atoms with Gasteiger partial charge in [0, 0.05) is 23.2 Å². The van der Waals surface area contributed by atoms with Gasteiger partial charge >= 0.3 is 0 Å². The molecule has 0 aliphatic heterocycles. The van der Waals surface area contributed by atoms with Crippen molar-refractivity contribution >= 4 is 34.5 Å². The number of rotatable bonds is 3. The first-order valence-corrected chi connectivity index (χ1v) is 6.90. The number of benzene rings is 1. The second kappa shape index (κ2) is 5.83. The molecule has 0 radical (unpaired) electrons. The summed E-state index contributed by atoms with van der Waals surface area (Å²) < 4.78 is 0. The minimum Gasteiger partial charge on any atom is -0.326 e. The monoisotopic (exact) mass is 289 g/mol. The summed E-state index contributed by atoms with van der Waals surface area (Å²) in [4.78, 5) is 28.3. The molecule has 1 heterocycles. The van der Waals surface area contributed by atoms with Crippen LogP contribution in [0.25, 0.3) is 0 Å². The minimum atomic E-state index is -0.244. The van der Waals surface area contributed by atoms with Crippen LogP contribution < -0.4 is 10.6 Å². The Morgan fingerprint density at radius 3 is 2.35 bits per heavy atom. The number of nitrogens with zero attached hydrogens (tertiary/aromatic N) is 1. The predicted molar refractivity (Wildman–Crippen MR) is 80.3 cm³/mol. The number of hydrogen-bond donors (Lipinski definition) is 2. The molecular weight excluding hydrogens is 274 g/mol. The van der Waals surface area contributed by atoms with E-state index >= 15 is 0 Å². The number of anilines is 2. The van der Waals surface area contributed by atoms with Crippen molar-refractivity contribution in [3.05, 3.63) is 39.8 Å². The molecule has 0 bridgehead atoms. The van der Waals surface area contributed by atoms with Gasteiger partial charge in [0.05, 0.1) is 5.69 Å². The van der Waals surface area contributed by atoms with E-state index in [9.17, 15) is 9.59 Å². The lowest BCUT2D eigenvalue weighted by molar-refractivity contribution is -0.114. The number of amides is 2. The second-order valence-corrected chi connectivity index (χ2v) is 5.58. The number of nitrogens with one attached hydrogen (secondary N) is 2. The van der Waals surface area contributed by atoms with Gasteiger partial charge in [-0.2, -0.15) is 0 Å². The van der Waals surface area contributed by atoms with Crippen molar-refractivity contribution in [1.82, 2.24) is 4.98 Å². The molecule has 2 aromatic rings. The van der Waals surface area contributed by atoms with E-state index in [4.69, 9.17) is 0 Å². The predicted octanol–water partition coefficient (Wildman–Crippen LogP) is 2.97. The third-order valence-corrected chi connectivity index (χ3v) is 3.74. The fraction of sp³-hybridized carbons (Fsp3) is 0.214. The third kappa shape index (κ3) is 3.42. The van der Waals surface area contributed by atoms with Crippen LogP contribution in [-0.2, 0) is 4.79 Å². The van der Waals surface area contributed by atoms with E-state index < -0.39 is 0 Å². The van der Waals surface area contributed by atoms with Gasteiger partial charge in [-0.1, -0.05) is 6.07 Å². The molecule has 1 aromatic heterocycles. The third-order valence-electron chi connectivity index (χ3n) is 2.66. The van der Waals surface area contributed by atoms with Gasteiger partial charge in [0.25, 0.3) is 5.91 Å². The zero-order valence-electron chi connectivity index (χ0n) is 11.5. The van der Waals surface area contributed by atoms with Crippen LogP contribution in [0.5, 0.6) is 0 Å². The topological polar surface area (TPSA) is 71.1 Å². The molecule has 0 spiro atoms. The fourth-order valence-electron chi connectivity index (χ4n) is 1.63. The Kier molecular flexibility index (Phi) is 4.14. The van der Waals surface area contributed by atoms with E-state index in [-0.39, 0.29) is 11.8 Å². The fourth-order valence-corrected chi connectivity index (χ4v) is 2.44. The molecule has 2 N–H and O–H groups in total. The van der Waals surface area contributed by atoms with Crippen molar-refractivity contribution in [3.63, 3.8) is 0 Å². The lowest BCUT2D eigenvalue weighted by Gasteiger charge is -2.06. The van der Waals surface area contributed by atoms with E-state index in [2.05, 4.69) is 15.6 Å². The Balaban J connectivity index is 2.13. The number of carbonyl (C=O) groups excluding carboxylic acids is 2. The minimum absolute atomic E-state index is 0.153. The highest BCUT2D eigenvalue weighted by molar-refractivity contribution is 7.13. The van der Waals surface area contributed by atoms with E-state index in [1.54, 1.807) is 24.3 Å². The zero-order valence-corrected chi connectivity index (χ0v) is 12.3. The maximum atomic E-state index is 12.1. The highest BCUT2D eigenvalue weighted by Gasteiger charge is 2.12. The summed E-state index contributed by atoms with van der Waals surface area (Å²) in [5.41, 5.74) is 2.13. The Morgan fingerprint density at radius 2 is 1.80 bits per heavy atom. The molecule has 1 aromatic carbocycles. The van der Waals surface area contributed by atoms with Crippen LogP contribution >= 0.6 is 11.3 Å². The van der Waals surface area contributed by atoms with Crippen molar-refractivity contribution in [2.45, 2.75) is 20.8 Å². The summed E-state index contributed by atoms with van der Waals surface area (Å²) in [5.74, 6) is -0.397. The largest absolute Gasteiger partial charge is 0.326 e. The van der Waals surface area contributed by atoms with Crippen molar-refractivity contribution in [1.29, 1.82) is 0 Å². The first kappa shape index (κ1) is 14.2. The highest BCUT2D eigenvalue weighted by Crippen LogP contribution is 2.19. The summed E-state index contributed by atoms with van der Waals surface area (Å²) in [7, 11) is 0. The van der Waals surface area contributed by atoms with Crippen molar-refractivity contribution < 1.29 is 9.59 Å². The molecule has 0 saturated carbocycles. The van der Waals surface area contributed by atoms with E-state index in [0.717, 1.165) is 10.6 Å². The molecule has 0 unspecified atom stereocenters. The van der Waals surface area contributed by atoms with Crippen LogP contribution in [0, 0.1) is 13.8 Å². The maximum absolute atomic E-state index is 12.1. The molecule has 0 aliphatic carbocycles. The van der Waals surface area contributed by atoms with E-state index in [1.807, 2.05) is 13.8 Å². The van der Waals surface area contributed by atoms with Crippen LogP contribution in [0.4, 0.5) is 11.4 Å². The molecule has 0 atom stereocenters. The summed E-state index contributed by atoms with van der Waals surface area (Å²) in [5, 5.41) is 5.87. The molecule has 5 nitrogen and oxygen atoms in total. The average molecular weight is 289 g/mol. The van der Waals surface area contributed by atoms with Gasteiger partial charge in [0.2, 0.25) is 5.91 Å². The van der Waals surface area contributed by atoms with Gasteiger partial charge in [-0.15, -0.1) is 11.3 Å². The highest BCUT2D eigenvalue weighted by atomic mass is 32.1.